The third-order valence-electron chi connectivity index (χ3n) is 3.81. The van der Waals surface area contributed by atoms with Crippen molar-refractivity contribution in [1.82, 2.24) is 10.2 Å². The highest BCUT2D eigenvalue weighted by Crippen LogP contribution is 2.13. The molecule has 1 aliphatic rings. The number of amides is 1. The lowest BCUT2D eigenvalue weighted by atomic mass is 10.1. The molecule has 20 heavy (non-hydrogen) atoms. The van der Waals surface area contributed by atoms with E-state index in [2.05, 4.69) is 5.32 Å². The zero-order valence-corrected chi connectivity index (χ0v) is 12.1. The second-order valence-electron chi connectivity index (χ2n) is 5.34. The van der Waals surface area contributed by atoms with Gasteiger partial charge in [0.25, 0.3) is 0 Å². The van der Waals surface area contributed by atoms with Crippen molar-refractivity contribution in [2.24, 2.45) is 0 Å². The topological polar surface area (TPSA) is 32.3 Å². The van der Waals surface area contributed by atoms with Crippen LogP contribution in [0.25, 0.3) is 0 Å². The molecule has 0 radical (unpaired) electrons. The van der Waals surface area contributed by atoms with Gasteiger partial charge in [-0.25, -0.2) is 4.39 Å². The number of likely N-dealkylation sites (N-methyl/N-ethyl adjacent to an activating group) is 1. The Balaban J connectivity index is 2.01. The van der Waals surface area contributed by atoms with Crippen LogP contribution < -0.4 is 5.32 Å². The minimum absolute atomic E-state index is 0.0778. The Morgan fingerprint density at radius 3 is 3.00 bits per heavy atom. The van der Waals surface area contributed by atoms with Gasteiger partial charge in [-0.05, 0) is 44.0 Å². The molecule has 0 saturated carbocycles. The summed E-state index contributed by atoms with van der Waals surface area (Å²) in [6.07, 6.45) is 4.33. The predicted molar refractivity (Wildman–Crippen MR) is 77.7 cm³/mol. The van der Waals surface area contributed by atoms with Crippen LogP contribution in [0, 0.1) is 5.82 Å². The maximum absolute atomic E-state index is 13.2. The first kappa shape index (κ1) is 15.0. The van der Waals surface area contributed by atoms with Gasteiger partial charge < -0.3 is 10.2 Å². The Hall–Kier alpha value is -1.42. The Morgan fingerprint density at radius 1 is 1.40 bits per heavy atom. The fraction of sp³-hybridized carbons (Fsp3) is 0.562. The van der Waals surface area contributed by atoms with Crippen LogP contribution >= 0.6 is 0 Å². The lowest BCUT2D eigenvalue weighted by Gasteiger charge is -2.26. The third-order valence-corrected chi connectivity index (χ3v) is 3.81. The molecule has 1 heterocycles. The van der Waals surface area contributed by atoms with E-state index in [1.165, 1.54) is 18.6 Å². The van der Waals surface area contributed by atoms with Crippen molar-refractivity contribution in [2.45, 2.75) is 45.2 Å². The van der Waals surface area contributed by atoms with Crippen LogP contribution in [0.3, 0.4) is 0 Å². The SMILES string of the molecule is CCN(Cc1cccc(F)c1)C(=O)C1CCCCCN1. The molecule has 1 aromatic carbocycles. The molecule has 1 amide bonds. The third kappa shape index (κ3) is 4.04. The van der Waals surface area contributed by atoms with Gasteiger partial charge in [0.1, 0.15) is 5.82 Å². The normalized spacial score (nSPS) is 19.4. The number of nitrogens with one attached hydrogen (secondary N) is 1. The molecule has 1 saturated heterocycles. The van der Waals surface area contributed by atoms with E-state index in [1.807, 2.05) is 13.0 Å². The van der Waals surface area contributed by atoms with Crippen LogP contribution in [0.2, 0.25) is 0 Å². The molecule has 1 atom stereocenters. The number of halogens is 1. The summed E-state index contributed by atoms with van der Waals surface area (Å²) in [5.74, 6) is -0.114. The summed E-state index contributed by atoms with van der Waals surface area (Å²) in [5.41, 5.74) is 0.842. The quantitative estimate of drug-likeness (QED) is 0.918. The highest BCUT2D eigenvalue weighted by atomic mass is 19.1. The van der Waals surface area contributed by atoms with Crippen LogP contribution in [0.4, 0.5) is 4.39 Å². The predicted octanol–water partition coefficient (Wildman–Crippen LogP) is 2.71. The number of carbonyl (C=O) groups is 1. The average molecular weight is 278 g/mol. The van der Waals surface area contributed by atoms with Crippen molar-refractivity contribution in [3.8, 4) is 0 Å². The van der Waals surface area contributed by atoms with E-state index >= 15 is 0 Å². The van der Waals surface area contributed by atoms with Crippen molar-refractivity contribution in [3.05, 3.63) is 35.6 Å². The summed E-state index contributed by atoms with van der Waals surface area (Å²) in [5, 5.41) is 3.33. The highest BCUT2D eigenvalue weighted by molar-refractivity contribution is 5.81. The number of rotatable bonds is 4. The number of nitrogens with zero attached hydrogens (tertiary/aromatic N) is 1. The van der Waals surface area contributed by atoms with Crippen LogP contribution in [0.15, 0.2) is 24.3 Å². The summed E-state index contributed by atoms with van der Waals surface area (Å²) < 4.78 is 13.2. The van der Waals surface area contributed by atoms with E-state index in [1.54, 1.807) is 11.0 Å². The molecule has 2 rings (SSSR count). The Morgan fingerprint density at radius 2 is 2.25 bits per heavy atom. The molecule has 1 aliphatic heterocycles. The number of hydrogen-bond donors (Lipinski definition) is 1. The first-order chi connectivity index (χ1) is 9.70. The fourth-order valence-corrected chi connectivity index (χ4v) is 2.66. The monoisotopic (exact) mass is 278 g/mol. The van der Waals surface area contributed by atoms with Gasteiger partial charge in [0, 0.05) is 13.1 Å². The fourth-order valence-electron chi connectivity index (χ4n) is 2.66. The van der Waals surface area contributed by atoms with Crippen molar-refractivity contribution in [1.29, 1.82) is 0 Å². The maximum atomic E-state index is 13.2. The van der Waals surface area contributed by atoms with Crippen LogP contribution in [0.5, 0.6) is 0 Å². The van der Waals surface area contributed by atoms with Gasteiger partial charge >= 0.3 is 0 Å². The van der Waals surface area contributed by atoms with Gasteiger partial charge in [-0.1, -0.05) is 25.0 Å². The van der Waals surface area contributed by atoms with Crippen molar-refractivity contribution in [3.63, 3.8) is 0 Å². The number of carbonyl (C=O) groups excluding carboxylic acids is 1. The van der Waals surface area contributed by atoms with Gasteiger partial charge in [0.15, 0.2) is 0 Å². The zero-order chi connectivity index (χ0) is 14.4. The summed E-state index contributed by atoms with van der Waals surface area (Å²) in [7, 11) is 0. The van der Waals surface area contributed by atoms with Crippen LogP contribution in [-0.4, -0.2) is 29.9 Å². The highest BCUT2D eigenvalue weighted by Gasteiger charge is 2.24. The molecular formula is C16H23FN2O. The molecule has 1 N–H and O–H groups in total. The van der Waals surface area contributed by atoms with Gasteiger partial charge in [0.05, 0.1) is 6.04 Å². The molecule has 1 fully saturated rings. The van der Waals surface area contributed by atoms with Crippen molar-refractivity contribution in [2.75, 3.05) is 13.1 Å². The lowest BCUT2D eigenvalue weighted by molar-refractivity contribution is -0.134. The van der Waals surface area contributed by atoms with Crippen molar-refractivity contribution >= 4 is 5.91 Å². The van der Waals surface area contributed by atoms with Crippen LogP contribution in [0.1, 0.15) is 38.2 Å². The molecule has 0 aliphatic carbocycles. The van der Waals surface area contributed by atoms with Gasteiger partial charge in [-0.2, -0.15) is 0 Å². The van der Waals surface area contributed by atoms with E-state index in [-0.39, 0.29) is 17.8 Å². The molecule has 1 aromatic rings. The Kier molecular flexibility index (Phi) is 5.53. The first-order valence-electron chi connectivity index (χ1n) is 7.47. The van der Waals surface area contributed by atoms with Gasteiger partial charge in [-0.3, -0.25) is 4.79 Å². The van der Waals surface area contributed by atoms with E-state index in [9.17, 15) is 9.18 Å². The Labute approximate surface area is 120 Å². The molecule has 0 spiro atoms. The summed E-state index contributed by atoms with van der Waals surface area (Å²) in [6.45, 7) is 4.00. The second-order valence-corrected chi connectivity index (χ2v) is 5.34. The lowest BCUT2D eigenvalue weighted by Crippen LogP contribution is -2.45. The molecule has 0 aromatic heterocycles. The van der Waals surface area contributed by atoms with Crippen molar-refractivity contribution < 1.29 is 9.18 Å². The largest absolute Gasteiger partial charge is 0.337 e. The summed E-state index contributed by atoms with van der Waals surface area (Å²) in [6, 6.07) is 6.39. The molecular weight excluding hydrogens is 255 g/mol. The molecule has 110 valence electrons. The molecule has 1 unspecified atom stereocenters. The molecule has 0 bridgehead atoms. The van der Waals surface area contributed by atoms with Gasteiger partial charge in [0.2, 0.25) is 5.91 Å². The smallest absolute Gasteiger partial charge is 0.239 e. The summed E-state index contributed by atoms with van der Waals surface area (Å²) >= 11 is 0. The van der Waals surface area contributed by atoms with E-state index in [0.29, 0.717) is 13.1 Å². The molecule has 4 heteroatoms. The number of hydrogen-bond acceptors (Lipinski definition) is 2. The second kappa shape index (κ2) is 7.39. The van der Waals surface area contributed by atoms with Crippen LogP contribution in [-0.2, 0) is 11.3 Å². The van der Waals surface area contributed by atoms with E-state index < -0.39 is 0 Å². The average Bonchev–Trinajstić information content (AvgIpc) is 2.73. The minimum atomic E-state index is -0.251. The molecule has 3 nitrogen and oxygen atoms in total. The maximum Gasteiger partial charge on any atom is 0.239 e. The number of benzene rings is 1. The van der Waals surface area contributed by atoms with E-state index in [0.717, 1.165) is 31.4 Å². The van der Waals surface area contributed by atoms with Gasteiger partial charge in [-0.15, -0.1) is 0 Å². The van der Waals surface area contributed by atoms with E-state index in [4.69, 9.17) is 0 Å². The Bertz CT molecular complexity index is 442. The standard InChI is InChI=1S/C16H23FN2O/c1-2-19(12-13-7-6-8-14(17)11-13)16(20)15-9-4-3-5-10-18-15/h6-8,11,15,18H,2-5,9-10,12H2,1H3. The minimum Gasteiger partial charge on any atom is -0.337 e. The zero-order valence-electron chi connectivity index (χ0n) is 12.1. The summed E-state index contributed by atoms with van der Waals surface area (Å²) in [4.78, 5) is 14.3. The first-order valence-corrected chi connectivity index (χ1v) is 7.47.